The summed E-state index contributed by atoms with van der Waals surface area (Å²) in [4.78, 5) is 24.4. The van der Waals surface area contributed by atoms with E-state index in [4.69, 9.17) is 16.3 Å². The van der Waals surface area contributed by atoms with Crippen LogP contribution in [0, 0.1) is 0 Å². The number of nitrogens with one attached hydrogen (secondary N) is 2. The van der Waals surface area contributed by atoms with E-state index in [1.54, 1.807) is 24.3 Å². The van der Waals surface area contributed by atoms with Crippen molar-refractivity contribution in [1.29, 1.82) is 0 Å². The number of ether oxygens (including phenoxy) is 1. The molecule has 0 radical (unpaired) electrons. The highest BCUT2D eigenvalue weighted by Gasteiger charge is 2.20. The molecular weight excluding hydrogens is 348 g/mol. The predicted octanol–water partition coefficient (Wildman–Crippen LogP) is 5.16. The van der Waals surface area contributed by atoms with E-state index in [1.165, 1.54) is 18.4 Å². The molecule has 1 aromatic carbocycles. The second-order valence-corrected chi connectivity index (χ2v) is 7.65. The molecule has 2 amide bonds. The second kappa shape index (κ2) is 7.23. The Morgan fingerprint density at radius 1 is 1.25 bits per heavy atom. The molecule has 0 fully saturated rings. The average Bonchev–Trinajstić information content (AvgIpc) is 2.90. The number of hydrogen-bond donors (Lipinski definition) is 2. The molecule has 2 aromatic rings. The Balaban J connectivity index is 2.14. The van der Waals surface area contributed by atoms with Crippen LogP contribution in [-0.4, -0.2) is 19.4 Å². The summed E-state index contributed by atoms with van der Waals surface area (Å²) < 4.78 is 5.07. The number of carbonyl (C=O) groups excluding carboxylic acids is 2. The monoisotopic (exact) mass is 366 g/mol. The maximum absolute atomic E-state index is 12.2. The van der Waals surface area contributed by atoms with Crippen LogP contribution in [0.15, 0.2) is 24.3 Å². The molecule has 0 aliphatic heterocycles. The molecule has 0 atom stereocenters. The van der Waals surface area contributed by atoms with Gasteiger partial charge >= 0.3 is 6.03 Å². The van der Waals surface area contributed by atoms with Gasteiger partial charge in [-0.1, -0.05) is 32.4 Å². The fourth-order valence-electron chi connectivity index (χ4n) is 1.97. The molecule has 0 aliphatic rings. The van der Waals surface area contributed by atoms with Gasteiger partial charge < -0.3 is 10.1 Å². The average molecular weight is 367 g/mol. The summed E-state index contributed by atoms with van der Waals surface area (Å²) in [5.41, 5.74) is 0.897. The fraction of sp³-hybridized carbons (Fsp3) is 0.294. The van der Waals surface area contributed by atoms with Crippen molar-refractivity contribution in [1.82, 2.24) is 0 Å². The molecule has 0 unspecified atom stereocenters. The summed E-state index contributed by atoms with van der Waals surface area (Å²) in [6, 6.07) is 6.30. The SMILES string of the molecule is COc1ccc(NC(=O)Nc2sc(C(C)(C)C)cc2C=O)cc1Cl. The summed E-state index contributed by atoms with van der Waals surface area (Å²) in [6.45, 7) is 6.16. The number of halogens is 1. The van der Waals surface area contributed by atoms with Crippen molar-refractivity contribution in [3.63, 3.8) is 0 Å². The summed E-state index contributed by atoms with van der Waals surface area (Å²) in [5, 5.41) is 6.31. The van der Waals surface area contributed by atoms with E-state index in [-0.39, 0.29) is 5.41 Å². The molecule has 2 rings (SSSR count). The van der Waals surface area contributed by atoms with E-state index in [9.17, 15) is 9.59 Å². The molecule has 2 N–H and O–H groups in total. The lowest BCUT2D eigenvalue weighted by Gasteiger charge is -2.15. The molecule has 0 bridgehead atoms. The van der Waals surface area contributed by atoms with E-state index in [2.05, 4.69) is 31.4 Å². The lowest BCUT2D eigenvalue weighted by Crippen LogP contribution is -2.19. The zero-order valence-electron chi connectivity index (χ0n) is 13.9. The molecule has 1 heterocycles. The molecule has 5 nitrogen and oxygen atoms in total. The first kappa shape index (κ1) is 18.3. The van der Waals surface area contributed by atoms with E-state index >= 15 is 0 Å². The maximum atomic E-state index is 12.2. The van der Waals surface area contributed by atoms with Crippen molar-refractivity contribution >= 4 is 45.9 Å². The predicted molar refractivity (Wildman–Crippen MR) is 99.1 cm³/mol. The standard InChI is InChI=1S/C17H19ClN2O3S/c1-17(2,3)14-7-10(9-21)15(24-14)20-16(22)19-11-5-6-13(23-4)12(18)8-11/h5-9H,1-4H3,(H2,19,20,22). The number of benzene rings is 1. The first-order valence-electron chi connectivity index (χ1n) is 7.25. The van der Waals surface area contributed by atoms with Gasteiger partial charge in [0.25, 0.3) is 0 Å². The van der Waals surface area contributed by atoms with Crippen molar-refractivity contribution in [2.75, 3.05) is 17.7 Å². The Bertz CT molecular complexity index is 766. The largest absolute Gasteiger partial charge is 0.495 e. The third-order valence-corrected chi connectivity index (χ3v) is 5.05. The van der Waals surface area contributed by atoms with Gasteiger partial charge in [-0.05, 0) is 29.7 Å². The fourth-order valence-corrected chi connectivity index (χ4v) is 3.31. The first-order chi connectivity index (χ1) is 11.2. The minimum Gasteiger partial charge on any atom is -0.495 e. The zero-order valence-corrected chi connectivity index (χ0v) is 15.5. The summed E-state index contributed by atoms with van der Waals surface area (Å²) in [7, 11) is 1.52. The van der Waals surface area contributed by atoms with Gasteiger partial charge in [-0.25, -0.2) is 4.79 Å². The van der Waals surface area contributed by atoms with E-state index < -0.39 is 6.03 Å². The highest BCUT2D eigenvalue weighted by atomic mass is 35.5. The highest BCUT2D eigenvalue weighted by molar-refractivity contribution is 7.16. The van der Waals surface area contributed by atoms with E-state index in [0.717, 1.165) is 11.2 Å². The number of amides is 2. The van der Waals surface area contributed by atoms with Crippen LogP contribution in [0.25, 0.3) is 0 Å². The van der Waals surface area contributed by atoms with Gasteiger partial charge in [0.2, 0.25) is 0 Å². The minimum absolute atomic E-state index is 0.0949. The Labute approximate surface area is 150 Å². The highest BCUT2D eigenvalue weighted by Crippen LogP contribution is 2.35. The summed E-state index contributed by atoms with van der Waals surface area (Å²) >= 11 is 7.42. The number of urea groups is 1. The maximum Gasteiger partial charge on any atom is 0.324 e. The molecule has 0 saturated heterocycles. The van der Waals surface area contributed by atoms with Crippen molar-refractivity contribution in [2.24, 2.45) is 0 Å². The molecular formula is C17H19ClN2O3S. The van der Waals surface area contributed by atoms with Gasteiger partial charge in [-0.15, -0.1) is 11.3 Å². The van der Waals surface area contributed by atoms with Crippen LogP contribution in [0.5, 0.6) is 5.75 Å². The lowest BCUT2D eigenvalue weighted by atomic mass is 9.94. The summed E-state index contributed by atoms with van der Waals surface area (Å²) in [5.74, 6) is 0.527. The third kappa shape index (κ3) is 4.27. The zero-order chi connectivity index (χ0) is 17.9. The number of aldehydes is 1. The van der Waals surface area contributed by atoms with Gasteiger partial charge in [0.15, 0.2) is 6.29 Å². The lowest BCUT2D eigenvalue weighted by molar-refractivity contribution is 0.112. The molecule has 7 heteroatoms. The molecule has 1 aromatic heterocycles. The first-order valence-corrected chi connectivity index (χ1v) is 8.45. The Kier molecular flexibility index (Phi) is 5.51. The molecule has 0 spiro atoms. The number of hydrogen-bond acceptors (Lipinski definition) is 4. The van der Waals surface area contributed by atoms with Crippen molar-refractivity contribution < 1.29 is 14.3 Å². The minimum atomic E-state index is -0.443. The quantitative estimate of drug-likeness (QED) is 0.734. The van der Waals surface area contributed by atoms with Crippen LogP contribution in [-0.2, 0) is 5.41 Å². The van der Waals surface area contributed by atoms with Gasteiger partial charge in [-0.2, -0.15) is 0 Å². The molecule has 128 valence electrons. The van der Waals surface area contributed by atoms with E-state index in [0.29, 0.717) is 27.0 Å². The molecule has 0 aliphatic carbocycles. The Hall–Kier alpha value is -2.05. The number of thiophene rings is 1. The smallest absolute Gasteiger partial charge is 0.324 e. The van der Waals surface area contributed by atoms with Gasteiger partial charge in [0.1, 0.15) is 10.8 Å². The summed E-state index contributed by atoms with van der Waals surface area (Å²) in [6.07, 6.45) is 0.742. The number of carbonyl (C=O) groups is 2. The van der Waals surface area contributed by atoms with Crippen LogP contribution in [0.1, 0.15) is 36.0 Å². The third-order valence-electron chi connectivity index (χ3n) is 3.26. The van der Waals surface area contributed by atoms with Gasteiger partial charge in [-0.3, -0.25) is 10.1 Å². The molecule has 24 heavy (non-hydrogen) atoms. The van der Waals surface area contributed by atoms with Crippen molar-refractivity contribution in [3.8, 4) is 5.75 Å². The van der Waals surface area contributed by atoms with Crippen LogP contribution in [0.3, 0.4) is 0 Å². The van der Waals surface area contributed by atoms with Gasteiger partial charge in [0.05, 0.1) is 12.1 Å². The van der Waals surface area contributed by atoms with Crippen LogP contribution >= 0.6 is 22.9 Å². The van der Waals surface area contributed by atoms with Crippen molar-refractivity contribution in [3.05, 3.63) is 39.7 Å². The topological polar surface area (TPSA) is 67.4 Å². The molecule has 0 saturated carbocycles. The van der Waals surface area contributed by atoms with Crippen LogP contribution in [0.4, 0.5) is 15.5 Å². The van der Waals surface area contributed by atoms with Gasteiger partial charge in [0, 0.05) is 16.1 Å². The Morgan fingerprint density at radius 3 is 2.50 bits per heavy atom. The normalized spacial score (nSPS) is 11.0. The van der Waals surface area contributed by atoms with E-state index in [1.807, 2.05) is 0 Å². The number of rotatable bonds is 4. The van der Waals surface area contributed by atoms with Crippen LogP contribution < -0.4 is 15.4 Å². The second-order valence-electron chi connectivity index (χ2n) is 6.19. The van der Waals surface area contributed by atoms with Crippen molar-refractivity contribution in [2.45, 2.75) is 26.2 Å². The number of anilines is 2. The Morgan fingerprint density at radius 2 is 1.96 bits per heavy atom. The van der Waals surface area contributed by atoms with Crippen LogP contribution in [0.2, 0.25) is 5.02 Å². The number of methoxy groups -OCH3 is 1.